The fourth-order valence-electron chi connectivity index (χ4n) is 6.04. The molecular formula is C36H28BrClN2O4S. The molecular weight excluding hydrogens is 672 g/mol. The highest BCUT2D eigenvalue weighted by molar-refractivity contribution is 9.10. The van der Waals surface area contributed by atoms with E-state index in [4.69, 9.17) is 30.8 Å². The van der Waals surface area contributed by atoms with E-state index in [1.54, 1.807) is 14.2 Å². The number of rotatable bonds is 7. The molecule has 0 saturated carbocycles. The minimum Gasteiger partial charge on any atom is -0.496 e. The van der Waals surface area contributed by atoms with E-state index >= 15 is 0 Å². The van der Waals surface area contributed by atoms with Crippen molar-refractivity contribution in [1.82, 2.24) is 4.57 Å². The van der Waals surface area contributed by atoms with Gasteiger partial charge in [-0.15, -0.1) is 0 Å². The lowest BCUT2D eigenvalue weighted by molar-refractivity contribution is 0.282. The molecule has 0 saturated heterocycles. The van der Waals surface area contributed by atoms with E-state index in [0.717, 1.165) is 52.1 Å². The minimum atomic E-state index is -0.326. The third-order valence-electron chi connectivity index (χ3n) is 8.15. The third-order valence-corrected chi connectivity index (χ3v) is 9.98. The van der Waals surface area contributed by atoms with Crippen molar-refractivity contribution in [2.75, 3.05) is 14.2 Å². The van der Waals surface area contributed by atoms with Gasteiger partial charge in [-0.3, -0.25) is 9.36 Å². The van der Waals surface area contributed by atoms with Crippen LogP contribution in [0.15, 0.2) is 105 Å². The number of halogens is 2. The smallest absolute Gasteiger partial charge is 0.271 e. The van der Waals surface area contributed by atoms with E-state index in [0.29, 0.717) is 36.9 Å². The van der Waals surface area contributed by atoms with Crippen LogP contribution in [-0.4, -0.2) is 18.8 Å². The van der Waals surface area contributed by atoms with Crippen molar-refractivity contribution >= 4 is 50.6 Å². The number of para-hydroxylation sites is 1. The SMILES string of the molecule is COc1ccccc1[C@H]1C2=C(N=c3s/c(=C/c4cc(Br)c(OCc5ccc(Cl)cc5)c(OC)c4)c(=O)n31)c1ccccc1CC2. The van der Waals surface area contributed by atoms with Gasteiger partial charge in [0, 0.05) is 16.1 Å². The molecule has 2 aliphatic rings. The number of benzene rings is 4. The van der Waals surface area contributed by atoms with Gasteiger partial charge in [0.2, 0.25) is 0 Å². The molecule has 1 atom stereocenters. The van der Waals surface area contributed by atoms with Gasteiger partial charge < -0.3 is 14.2 Å². The van der Waals surface area contributed by atoms with Gasteiger partial charge in [-0.1, -0.05) is 77.5 Å². The van der Waals surface area contributed by atoms with Crippen LogP contribution >= 0.6 is 38.9 Å². The summed E-state index contributed by atoms with van der Waals surface area (Å²) in [5, 5.41) is 0.673. The minimum absolute atomic E-state index is 0.0989. The van der Waals surface area contributed by atoms with Crippen molar-refractivity contribution in [2.24, 2.45) is 4.99 Å². The fraction of sp³-hybridized carbons (Fsp3) is 0.167. The molecule has 1 aliphatic carbocycles. The number of methoxy groups -OCH3 is 2. The zero-order valence-electron chi connectivity index (χ0n) is 24.6. The summed E-state index contributed by atoms with van der Waals surface area (Å²) in [4.78, 5) is 20.0. The number of fused-ring (bicyclic) bond motifs is 3. The monoisotopic (exact) mass is 698 g/mol. The van der Waals surface area contributed by atoms with Crippen LogP contribution in [0.5, 0.6) is 17.2 Å². The second-order valence-corrected chi connectivity index (χ2v) is 13.1. The van der Waals surface area contributed by atoms with Crippen molar-refractivity contribution in [2.45, 2.75) is 25.5 Å². The summed E-state index contributed by atoms with van der Waals surface area (Å²) in [6.07, 6.45) is 3.58. The Balaban J connectivity index is 1.34. The molecule has 1 aliphatic heterocycles. The number of ether oxygens (including phenoxy) is 3. The van der Waals surface area contributed by atoms with Crippen LogP contribution in [0.3, 0.4) is 0 Å². The molecule has 0 N–H and O–H groups in total. The van der Waals surface area contributed by atoms with Gasteiger partial charge in [0.05, 0.1) is 35.0 Å². The number of aromatic nitrogens is 1. The predicted octanol–water partition coefficient (Wildman–Crippen LogP) is 7.33. The summed E-state index contributed by atoms with van der Waals surface area (Å²) in [6.45, 7) is 0.348. The van der Waals surface area contributed by atoms with Crippen LogP contribution in [0.2, 0.25) is 5.02 Å². The fourth-order valence-corrected chi connectivity index (χ4v) is 7.74. The van der Waals surface area contributed by atoms with E-state index < -0.39 is 0 Å². The Morgan fingerprint density at radius 2 is 1.73 bits per heavy atom. The zero-order valence-corrected chi connectivity index (χ0v) is 27.7. The molecule has 0 radical (unpaired) electrons. The molecule has 9 heteroatoms. The Morgan fingerprint density at radius 1 is 0.978 bits per heavy atom. The molecule has 7 rings (SSSR count). The molecule has 2 heterocycles. The summed E-state index contributed by atoms with van der Waals surface area (Å²) in [6, 6.07) is 27.3. The maximum absolute atomic E-state index is 14.3. The number of nitrogens with zero attached hydrogens (tertiary/aromatic N) is 2. The van der Waals surface area contributed by atoms with Gasteiger partial charge in [-0.05, 0) is 87.4 Å². The number of allylic oxidation sites excluding steroid dienone is 1. The summed E-state index contributed by atoms with van der Waals surface area (Å²) in [5.74, 6) is 1.87. The average molecular weight is 700 g/mol. The summed E-state index contributed by atoms with van der Waals surface area (Å²) < 4.78 is 20.7. The second kappa shape index (κ2) is 12.4. The van der Waals surface area contributed by atoms with Gasteiger partial charge in [0.15, 0.2) is 16.3 Å². The number of thiazole rings is 1. The largest absolute Gasteiger partial charge is 0.496 e. The Kier molecular flexibility index (Phi) is 8.12. The summed E-state index contributed by atoms with van der Waals surface area (Å²) >= 11 is 11.1. The number of hydrogen-bond donors (Lipinski definition) is 0. The molecule has 1 aromatic heterocycles. The Bertz CT molecular complexity index is 2150. The number of aryl methyl sites for hydroxylation is 1. The van der Waals surface area contributed by atoms with E-state index in [2.05, 4.69) is 34.1 Å². The first-order valence-corrected chi connectivity index (χ1v) is 16.4. The lowest BCUT2D eigenvalue weighted by Crippen LogP contribution is -2.39. The maximum atomic E-state index is 14.3. The lowest BCUT2D eigenvalue weighted by Gasteiger charge is -2.31. The van der Waals surface area contributed by atoms with Crippen molar-refractivity contribution in [3.05, 3.63) is 148 Å². The van der Waals surface area contributed by atoms with Gasteiger partial charge in [-0.2, -0.15) is 0 Å². The first kappa shape index (κ1) is 29.6. The highest BCUT2D eigenvalue weighted by Crippen LogP contribution is 2.43. The summed E-state index contributed by atoms with van der Waals surface area (Å²) in [7, 11) is 3.27. The van der Waals surface area contributed by atoms with Gasteiger partial charge in [0.1, 0.15) is 12.4 Å². The zero-order chi connectivity index (χ0) is 31.1. The second-order valence-electron chi connectivity index (χ2n) is 10.8. The van der Waals surface area contributed by atoms with E-state index in [1.807, 2.05) is 77.4 Å². The van der Waals surface area contributed by atoms with Crippen LogP contribution in [0, 0.1) is 0 Å². The summed E-state index contributed by atoms with van der Waals surface area (Å²) in [5.41, 5.74) is 7.10. The third kappa shape index (κ3) is 5.52. The molecule has 45 heavy (non-hydrogen) atoms. The van der Waals surface area contributed by atoms with Crippen LogP contribution < -0.4 is 29.1 Å². The standard InChI is InChI=1S/C36H28BrClN2O4S/c1-42-29-10-6-5-9-26(29)33-27-16-13-23-7-3-4-8-25(23)32(27)39-36-40(33)35(41)31(45-36)19-22-17-28(37)34(30(18-22)43-2)44-20-21-11-14-24(38)15-12-21/h3-12,14-15,17-19,33H,13,16,20H2,1-2H3/b31-19+/t33-/m0/s1. The molecule has 0 bridgehead atoms. The molecule has 6 nitrogen and oxygen atoms in total. The van der Waals surface area contributed by atoms with Crippen LogP contribution in [0.25, 0.3) is 11.8 Å². The van der Waals surface area contributed by atoms with Crippen LogP contribution in [0.1, 0.15) is 40.3 Å². The molecule has 5 aromatic rings. The van der Waals surface area contributed by atoms with Crippen molar-refractivity contribution in [1.29, 1.82) is 0 Å². The lowest BCUT2D eigenvalue weighted by atomic mass is 9.83. The first-order valence-electron chi connectivity index (χ1n) is 14.5. The molecule has 0 fully saturated rings. The van der Waals surface area contributed by atoms with Gasteiger partial charge in [0.25, 0.3) is 5.56 Å². The molecule has 0 spiro atoms. The van der Waals surface area contributed by atoms with Crippen molar-refractivity contribution in [3.63, 3.8) is 0 Å². The number of hydrogen-bond acceptors (Lipinski definition) is 6. The Hall–Kier alpha value is -4.11. The van der Waals surface area contributed by atoms with E-state index in [9.17, 15) is 4.79 Å². The maximum Gasteiger partial charge on any atom is 0.271 e. The normalized spacial score (nSPS) is 15.6. The molecule has 0 amide bonds. The van der Waals surface area contributed by atoms with Crippen molar-refractivity contribution in [3.8, 4) is 17.2 Å². The first-order chi connectivity index (χ1) is 21.9. The molecule has 4 aromatic carbocycles. The van der Waals surface area contributed by atoms with Crippen molar-refractivity contribution < 1.29 is 14.2 Å². The van der Waals surface area contributed by atoms with Gasteiger partial charge in [-0.25, -0.2) is 4.99 Å². The molecule has 226 valence electrons. The van der Waals surface area contributed by atoms with Gasteiger partial charge >= 0.3 is 0 Å². The Morgan fingerprint density at radius 3 is 2.53 bits per heavy atom. The van der Waals surface area contributed by atoms with E-state index in [-0.39, 0.29) is 11.6 Å². The topological polar surface area (TPSA) is 62.0 Å². The highest BCUT2D eigenvalue weighted by atomic mass is 79.9. The Labute approximate surface area is 277 Å². The highest BCUT2D eigenvalue weighted by Gasteiger charge is 2.34. The van der Waals surface area contributed by atoms with Crippen LogP contribution in [-0.2, 0) is 13.0 Å². The quantitative estimate of drug-likeness (QED) is 0.179. The molecule has 0 unspecified atom stereocenters. The predicted molar refractivity (Wildman–Crippen MR) is 182 cm³/mol. The average Bonchev–Trinajstić information content (AvgIpc) is 3.37. The van der Waals surface area contributed by atoms with E-state index in [1.165, 1.54) is 16.9 Å². The van der Waals surface area contributed by atoms with Crippen LogP contribution in [0.4, 0.5) is 0 Å².